The Morgan fingerprint density at radius 3 is 2.65 bits per heavy atom. The van der Waals surface area contributed by atoms with Gasteiger partial charge in [0.15, 0.2) is 0 Å². The second-order valence-corrected chi connectivity index (χ2v) is 4.70. The normalized spacial score (nSPS) is 12.0. The lowest BCUT2D eigenvalue weighted by molar-refractivity contribution is 0.0366. The third-order valence-electron chi connectivity index (χ3n) is 2.91. The van der Waals surface area contributed by atoms with Gasteiger partial charge in [-0.1, -0.05) is 0 Å². The molecule has 0 radical (unpaired) electrons. The molecular weight excluding hydrogens is 258 g/mol. The molecule has 3 N–H and O–H groups in total. The van der Waals surface area contributed by atoms with E-state index in [1.54, 1.807) is 46.5 Å². The maximum absolute atomic E-state index is 11.9. The molecular formula is C14H23N3O3. The van der Waals surface area contributed by atoms with Gasteiger partial charge < -0.3 is 25.4 Å². The number of ether oxygens (including phenoxy) is 2. The van der Waals surface area contributed by atoms with E-state index in [9.17, 15) is 4.79 Å². The van der Waals surface area contributed by atoms with Crippen LogP contribution in [0.1, 0.15) is 10.4 Å². The number of methoxy groups -OCH3 is 2. The second-order valence-electron chi connectivity index (χ2n) is 4.70. The zero-order valence-corrected chi connectivity index (χ0v) is 12.5. The van der Waals surface area contributed by atoms with E-state index in [2.05, 4.69) is 5.32 Å². The van der Waals surface area contributed by atoms with Crippen molar-refractivity contribution in [2.24, 2.45) is 0 Å². The quantitative estimate of drug-likeness (QED) is 0.730. The number of nitrogens with two attached hydrogens (primary N) is 1. The third kappa shape index (κ3) is 4.40. The fourth-order valence-corrected chi connectivity index (χ4v) is 1.72. The molecule has 0 aliphatic rings. The smallest absolute Gasteiger partial charge is 0.253 e. The van der Waals surface area contributed by atoms with Crippen molar-refractivity contribution in [1.29, 1.82) is 0 Å². The Balaban J connectivity index is 2.79. The second kappa shape index (κ2) is 7.72. The number of benzene rings is 1. The third-order valence-corrected chi connectivity index (χ3v) is 2.91. The summed E-state index contributed by atoms with van der Waals surface area (Å²) in [6.07, 6.45) is -0.0763. The Morgan fingerprint density at radius 1 is 1.40 bits per heavy atom. The molecule has 0 bridgehead atoms. The summed E-state index contributed by atoms with van der Waals surface area (Å²) in [6.45, 7) is 1.04. The van der Waals surface area contributed by atoms with Gasteiger partial charge >= 0.3 is 0 Å². The number of carbonyl (C=O) groups is 1. The van der Waals surface area contributed by atoms with E-state index in [0.717, 1.165) is 5.69 Å². The van der Waals surface area contributed by atoms with Gasteiger partial charge in [-0.2, -0.15) is 0 Å². The number of nitrogen functional groups attached to an aromatic ring is 1. The van der Waals surface area contributed by atoms with Gasteiger partial charge in [0.2, 0.25) is 0 Å². The highest BCUT2D eigenvalue weighted by molar-refractivity contribution is 5.95. The van der Waals surface area contributed by atoms with Crippen molar-refractivity contribution in [1.82, 2.24) is 4.90 Å². The zero-order chi connectivity index (χ0) is 15.1. The van der Waals surface area contributed by atoms with E-state index in [1.807, 2.05) is 0 Å². The Morgan fingerprint density at radius 2 is 2.10 bits per heavy atom. The number of hydrogen-bond donors (Lipinski definition) is 2. The predicted octanol–water partition coefficient (Wildman–Crippen LogP) is 1.04. The Hall–Kier alpha value is -1.79. The summed E-state index contributed by atoms with van der Waals surface area (Å²) in [5.41, 5.74) is 7.81. The maximum Gasteiger partial charge on any atom is 0.253 e. The molecule has 1 atom stereocenters. The summed E-state index contributed by atoms with van der Waals surface area (Å²) < 4.78 is 10.3. The molecule has 6 nitrogen and oxygen atoms in total. The van der Waals surface area contributed by atoms with E-state index in [-0.39, 0.29) is 12.0 Å². The topological polar surface area (TPSA) is 76.8 Å². The fourth-order valence-electron chi connectivity index (χ4n) is 1.72. The molecule has 0 spiro atoms. The van der Waals surface area contributed by atoms with Gasteiger partial charge in [0, 0.05) is 40.4 Å². The van der Waals surface area contributed by atoms with Crippen molar-refractivity contribution in [3.63, 3.8) is 0 Å². The highest BCUT2D eigenvalue weighted by atomic mass is 16.5. The minimum absolute atomic E-state index is 0.0618. The van der Waals surface area contributed by atoms with Crippen molar-refractivity contribution in [2.75, 3.05) is 52.5 Å². The molecule has 1 aromatic carbocycles. The van der Waals surface area contributed by atoms with Gasteiger partial charge in [-0.05, 0) is 18.2 Å². The SMILES string of the molecule is COCC(CNc1cc(C(=O)N(C)C)ccc1N)OC. The van der Waals surface area contributed by atoms with Gasteiger partial charge in [0.1, 0.15) is 0 Å². The summed E-state index contributed by atoms with van der Waals surface area (Å²) in [7, 11) is 6.67. The molecule has 1 rings (SSSR count). The van der Waals surface area contributed by atoms with E-state index in [0.29, 0.717) is 24.4 Å². The van der Waals surface area contributed by atoms with Crippen LogP contribution in [0.25, 0.3) is 0 Å². The van der Waals surface area contributed by atoms with Crippen molar-refractivity contribution in [3.05, 3.63) is 23.8 Å². The molecule has 0 fully saturated rings. The number of amides is 1. The van der Waals surface area contributed by atoms with Crippen molar-refractivity contribution >= 4 is 17.3 Å². The molecule has 0 heterocycles. The van der Waals surface area contributed by atoms with Gasteiger partial charge in [-0.15, -0.1) is 0 Å². The Bertz CT molecular complexity index is 449. The highest BCUT2D eigenvalue weighted by Gasteiger charge is 2.12. The van der Waals surface area contributed by atoms with Crippen molar-refractivity contribution in [2.45, 2.75) is 6.10 Å². The van der Waals surface area contributed by atoms with Crippen LogP contribution < -0.4 is 11.1 Å². The summed E-state index contributed by atoms with van der Waals surface area (Å²) in [5, 5.41) is 3.18. The number of rotatable bonds is 7. The molecule has 112 valence electrons. The molecule has 0 saturated heterocycles. The van der Waals surface area contributed by atoms with E-state index < -0.39 is 0 Å². The molecule has 1 aromatic rings. The summed E-state index contributed by atoms with van der Waals surface area (Å²) in [6, 6.07) is 5.18. The standard InChI is InChI=1S/C14H23N3O3/c1-17(2)14(18)10-5-6-12(15)13(7-10)16-8-11(20-4)9-19-3/h5-7,11,16H,8-9,15H2,1-4H3. The summed E-state index contributed by atoms with van der Waals surface area (Å²) in [4.78, 5) is 13.4. The highest BCUT2D eigenvalue weighted by Crippen LogP contribution is 2.20. The number of nitrogens with zero attached hydrogens (tertiary/aromatic N) is 1. The van der Waals surface area contributed by atoms with Crippen LogP contribution in [-0.2, 0) is 9.47 Å². The van der Waals surface area contributed by atoms with E-state index >= 15 is 0 Å². The van der Waals surface area contributed by atoms with Gasteiger partial charge in [-0.3, -0.25) is 4.79 Å². The van der Waals surface area contributed by atoms with Gasteiger partial charge in [0.05, 0.1) is 24.1 Å². The first-order valence-corrected chi connectivity index (χ1v) is 6.36. The molecule has 6 heteroatoms. The average Bonchev–Trinajstić information content (AvgIpc) is 2.44. The maximum atomic E-state index is 11.9. The number of carbonyl (C=O) groups excluding carboxylic acids is 1. The average molecular weight is 281 g/mol. The van der Waals surface area contributed by atoms with Crippen LogP contribution in [0, 0.1) is 0 Å². The fraction of sp³-hybridized carbons (Fsp3) is 0.500. The Kier molecular flexibility index (Phi) is 6.27. The Labute approximate surface area is 119 Å². The van der Waals surface area contributed by atoms with Gasteiger partial charge in [0.25, 0.3) is 5.91 Å². The minimum Gasteiger partial charge on any atom is -0.397 e. The summed E-state index contributed by atoms with van der Waals surface area (Å²) in [5.74, 6) is -0.0618. The molecule has 0 aliphatic carbocycles. The number of nitrogens with one attached hydrogen (secondary N) is 1. The van der Waals surface area contributed by atoms with Crippen LogP contribution in [-0.4, -0.2) is 58.4 Å². The van der Waals surface area contributed by atoms with Crippen LogP contribution in [0.3, 0.4) is 0 Å². The lowest BCUT2D eigenvalue weighted by Crippen LogP contribution is -2.27. The largest absolute Gasteiger partial charge is 0.397 e. The molecule has 1 amide bonds. The first-order valence-electron chi connectivity index (χ1n) is 6.36. The molecule has 0 aromatic heterocycles. The number of hydrogen-bond acceptors (Lipinski definition) is 5. The lowest BCUT2D eigenvalue weighted by Gasteiger charge is -2.18. The first-order chi connectivity index (χ1) is 9.49. The molecule has 0 saturated carbocycles. The van der Waals surface area contributed by atoms with E-state index in [4.69, 9.17) is 15.2 Å². The monoisotopic (exact) mass is 281 g/mol. The van der Waals surface area contributed by atoms with Crippen molar-refractivity contribution in [3.8, 4) is 0 Å². The van der Waals surface area contributed by atoms with Crippen LogP contribution in [0.4, 0.5) is 11.4 Å². The predicted molar refractivity (Wildman–Crippen MR) is 80.0 cm³/mol. The van der Waals surface area contributed by atoms with Crippen LogP contribution in [0.15, 0.2) is 18.2 Å². The molecule has 1 unspecified atom stereocenters. The van der Waals surface area contributed by atoms with Crippen LogP contribution in [0.5, 0.6) is 0 Å². The number of anilines is 2. The van der Waals surface area contributed by atoms with Crippen LogP contribution in [0.2, 0.25) is 0 Å². The van der Waals surface area contributed by atoms with Crippen molar-refractivity contribution < 1.29 is 14.3 Å². The molecule has 20 heavy (non-hydrogen) atoms. The van der Waals surface area contributed by atoms with Crippen LogP contribution >= 0.6 is 0 Å². The summed E-state index contributed by atoms with van der Waals surface area (Å²) >= 11 is 0. The minimum atomic E-state index is -0.0763. The lowest BCUT2D eigenvalue weighted by atomic mass is 10.1. The van der Waals surface area contributed by atoms with Gasteiger partial charge in [-0.25, -0.2) is 0 Å². The molecule has 0 aliphatic heterocycles. The first kappa shape index (κ1) is 16.3. The van der Waals surface area contributed by atoms with E-state index in [1.165, 1.54) is 4.90 Å². The zero-order valence-electron chi connectivity index (χ0n) is 12.5.